The van der Waals surface area contributed by atoms with Crippen LogP contribution < -0.4 is 10.2 Å². The molecule has 19 heavy (non-hydrogen) atoms. The lowest BCUT2D eigenvalue weighted by atomic mass is 10.1. The van der Waals surface area contributed by atoms with E-state index in [9.17, 15) is 14.4 Å². The van der Waals surface area contributed by atoms with Gasteiger partial charge in [-0.1, -0.05) is 11.6 Å². The van der Waals surface area contributed by atoms with Gasteiger partial charge >= 0.3 is 5.97 Å². The molecular weight excluding hydrogens is 272 g/mol. The van der Waals surface area contributed by atoms with Crippen molar-refractivity contribution in [1.82, 2.24) is 5.32 Å². The third-order valence-electron chi connectivity index (χ3n) is 2.92. The summed E-state index contributed by atoms with van der Waals surface area (Å²) in [7, 11) is 0. The smallest absolute Gasteiger partial charge is 0.337 e. The van der Waals surface area contributed by atoms with Crippen molar-refractivity contribution in [3.05, 3.63) is 28.8 Å². The summed E-state index contributed by atoms with van der Waals surface area (Å²) in [5, 5.41) is 11.7. The molecular formula is C12H11ClN2O4. The van der Waals surface area contributed by atoms with Crippen LogP contribution in [0.3, 0.4) is 0 Å². The molecule has 2 amide bonds. The van der Waals surface area contributed by atoms with E-state index in [-0.39, 0.29) is 17.8 Å². The minimum absolute atomic E-state index is 0.00116. The fourth-order valence-corrected chi connectivity index (χ4v) is 2.10. The van der Waals surface area contributed by atoms with Crippen LogP contribution in [0.1, 0.15) is 17.3 Å². The molecule has 0 bridgehead atoms. The predicted octanol–water partition coefficient (Wildman–Crippen LogP) is 0.889. The van der Waals surface area contributed by atoms with Crippen LogP contribution in [0.15, 0.2) is 18.2 Å². The summed E-state index contributed by atoms with van der Waals surface area (Å²) in [5.74, 6) is -2.08. The molecule has 6 nitrogen and oxygen atoms in total. The Labute approximate surface area is 114 Å². The number of hydrogen-bond acceptors (Lipinski definition) is 4. The molecule has 7 heteroatoms. The van der Waals surface area contributed by atoms with Crippen molar-refractivity contribution in [3.63, 3.8) is 0 Å². The second-order valence-electron chi connectivity index (χ2n) is 4.18. The van der Waals surface area contributed by atoms with Crippen LogP contribution in [0.2, 0.25) is 5.02 Å². The maximum absolute atomic E-state index is 11.6. The van der Waals surface area contributed by atoms with Gasteiger partial charge in [0.15, 0.2) is 0 Å². The second-order valence-corrected chi connectivity index (χ2v) is 4.62. The molecule has 1 unspecified atom stereocenters. The van der Waals surface area contributed by atoms with Crippen LogP contribution >= 0.6 is 11.6 Å². The van der Waals surface area contributed by atoms with Crippen molar-refractivity contribution >= 4 is 35.1 Å². The van der Waals surface area contributed by atoms with Gasteiger partial charge < -0.3 is 10.0 Å². The number of nitrogens with one attached hydrogen (secondary N) is 1. The van der Waals surface area contributed by atoms with E-state index in [0.717, 1.165) is 0 Å². The molecule has 0 aromatic heterocycles. The number of carboxylic acids is 1. The van der Waals surface area contributed by atoms with E-state index in [2.05, 4.69) is 5.32 Å². The van der Waals surface area contributed by atoms with Gasteiger partial charge in [-0.3, -0.25) is 14.9 Å². The molecule has 1 heterocycles. The minimum Gasteiger partial charge on any atom is -0.478 e. The van der Waals surface area contributed by atoms with E-state index in [1.165, 1.54) is 23.1 Å². The van der Waals surface area contributed by atoms with Gasteiger partial charge in [0.25, 0.3) is 0 Å². The molecule has 0 radical (unpaired) electrons. The Balaban J connectivity index is 2.50. The molecule has 2 rings (SSSR count). The van der Waals surface area contributed by atoms with E-state index < -0.39 is 23.8 Å². The van der Waals surface area contributed by atoms with Gasteiger partial charge in [-0.2, -0.15) is 0 Å². The predicted molar refractivity (Wildman–Crippen MR) is 68.4 cm³/mol. The number of benzene rings is 1. The highest BCUT2D eigenvalue weighted by molar-refractivity contribution is 6.31. The van der Waals surface area contributed by atoms with E-state index >= 15 is 0 Å². The van der Waals surface area contributed by atoms with Gasteiger partial charge in [-0.15, -0.1) is 0 Å². The number of carbonyl (C=O) groups excluding carboxylic acids is 2. The topological polar surface area (TPSA) is 86.7 Å². The van der Waals surface area contributed by atoms with E-state index in [1.807, 2.05) is 0 Å². The number of aromatic carboxylic acids is 1. The molecule has 2 N–H and O–H groups in total. The van der Waals surface area contributed by atoms with Gasteiger partial charge in [-0.25, -0.2) is 4.79 Å². The third-order valence-corrected chi connectivity index (χ3v) is 3.16. The van der Waals surface area contributed by atoms with Crippen LogP contribution in [-0.4, -0.2) is 35.5 Å². The fourth-order valence-electron chi connectivity index (χ4n) is 1.93. The highest BCUT2D eigenvalue weighted by Gasteiger charge is 2.32. The van der Waals surface area contributed by atoms with Gasteiger partial charge in [0, 0.05) is 5.02 Å². The van der Waals surface area contributed by atoms with Gasteiger partial charge in [0.2, 0.25) is 11.8 Å². The van der Waals surface area contributed by atoms with Crippen LogP contribution in [0, 0.1) is 0 Å². The lowest BCUT2D eigenvalue weighted by Crippen LogP contribution is -2.57. The molecule has 100 valence electrons. The normalized spacial score (nSPS) is 19.3. The van der Waals surface area contributed by atoms with E-state index in [4.69, 9.17) is 16.7 Å². The van der Waals surface area contributed by atoms with Crippen LogP contribution in [0.5, 0.6) is 0 Å². The maximum Gasteiger partial charge on any atom is 0.337 e. The molecule has 1 fully saturated rings. The van der Waals surface area contributed by atoms with Gasteiger partial charge in [0.05, 0.1) is 17.8 Å². The zero-order valence-corrected chi connectivity index (χ0v) is 10.8. The molecule has 0 spiro atoms. The number of anilines is 1. The molecule has 1 saturated heterocycles. The third kappa shape index (κ3) is 2.53. The molecule has 1 aliphatic rings. The lowest BCUT2D eigenvalue weighted by Gasteiger charge is -2.34. The summed E-state index contributed by atoms with van der Waals surface area (Å²) in [5.41, 5.74) is 0.259. The van der Waals surface area contributed by atoms with Gasteiger partial charge in [-0.05, 0) is 25.1 Å². The average Bonchev–Trinajstić information content (AvgIpc) is 2.33. The molecule has 0 aliphatic carbocycles. The average molecular weight is 283 g/mol. The zero-order valence-electron chi connectivity index (χ0n) is 10.0. The number of nitrogens with zero attached hydrogens (tertiary/aromatic N) is 1. The minimum atomic E-state index is -1.14. The number of carboxylic acid groups (broad SMARTS) is 1. The highest BCUT2D eigenvalue weighted by atomic mass is 35.5. The van der Waals surface area contributed by atoms with Crippen molar-refractivity contribution < 1.29 is 19.5 Å². The van der Waals surface area contributed by atoms with Crippen molar-refractivity contribution in [3.8, 4) is 0 Å². The molecule has 1 atom stereocenters. The van der Waals surface area contributed by atoms with Gasteiger partial charge in [0.1, 0.15) is 6.04 Å². The number of hydrogen-bond donors (Lipinski definition) is 2. The summed E-state index contributed by atoms with van der Waals surface area (Å²) in [6.07, 6.45) is 0. The summed E-state index contributed by atoms with van der Waals surface area (Å²) in [4.78, 5) is 35.6. The summed E-state index contributed by atoms with van der Waals surface area (Å²) < 4.78 is 0. The zero-order chi connectivity index (χ0) is 14.2. The Bertz CT molecular complexity index is 573. The quantitative estimate of drug-likeness (QED) is 0.787. The number of imide groups is 1. The van der Waals surface area contributed by atoms with E-state index in [1.54, 1.807) is 6.92 Å². The van der Waals surface area contributed by atoms with E-state index in [0.29, 0.717) is 5.02 Å². The standard InChI is InChI=1S/C12H11ClN2O4/c1-6-11(17)14-10(16)5-15(6)9-4-7(13)2-3-8(9)12(18)19/h2-4,6H,5H2,1H3,(H,18,19)(H,14,16,17). The molecule has 1 aliphatic heterocycles. The lowest BCUT2D eigenvalue weighted by molar-refractivity contribution is -0.132. The van der Waals surface area contributed by atoms with Crippen molar-refractivity contribution in [2.45, 2.75) is 13.0 Å². The Morgan fingerprint density at radius 1 is 1.47 bits per heavy atom. The first-order valence-corrected chi connectivity index (χ1v) is 5.91. The van der Waals surface area contributed by atoms with Crippen LogP contribution in [0.4, 0.5) is 5.69 Å². The van der Waals surface area contributed by atoms with Crippen molar-refractivity contribution in [1.29, 1.82) is 0 Å². The first-order valence-electron chi connectivity index (χ1n) is 5.53. The largest absolute Gasteiger partial charge is 0.478 e. The van der Waals surface area contributed by atoms with Crippen LogP contribution in [-0.2, 0) is 9.59 Å². The van der Waals surface area contributed by atoms with Crippen LogP contribution in [0.25, 0.3) is 0 Å². The highest BCUT2D eigenvalue weighted by Crippen LogP contribution is 2.27. The van der Waals surface area contributed by atoms with Crippen molar-refractivity contribution in [2.75, 3.05) is 11.4 Å². The Hall–Kier alpha value is -2.08. The fraction of sp³-hybridized carbons (Fsp3) is 0.250. The monoisotopic (exact) mass is 282 g/mol. The second kappa shape index (κ2) is 4.89. The SMILES string of the molecule is CC1C(=O)NC(=O)CN1c1cc(Cl)ccc1C(=O)O. The number of carbonyl (C=O) groups is 3. The van der Waals surface area contributed by atoms with Crippen molar-refractivity contribution in [2.24, 2.45) is 0 Å². The Morgan fingerprint density at radius 2 is 2.16 bits per heavy atom. The summed E-state index contributed by atoms with van der Waals surface area (Å²) in [6.45, 7) is 1.50. The Kier molecular flexibility index (Phi) is 3.44. The number of piperazine rings is 1. The summed E-state index contributed by atoms with van der Waals surface area (Å²) in [6, 6.07) is 3.59. The first-order chi connectivity index (χ1) is 8.90. The molecule has 0 saturated carbocycles. The molecule has 1 aromatic rings. The number of rotatable bonds is 2. The summed E-state index contributed by atoms with van der Waals surface area (Å²) >= 11 is 5.86. The maximum atomic E-state index is 11.6. The number of amides is 2. The molecule has 1 aromatic carbocycles. The first kappa shape index (κ1) is 13.4. The number of halogens is 1. The Morgan fingerprint density at radius 3 is 2.79 bits per heavy atom.